The van der Waals surface area contributed by atoms with Gasteiger partial charge in [-0.3, -0.25) is 5.32 Å². The topological polar surface area (TPSA) is 50.8 Å². The number of para-hydroxylation sites is 2. The number of likely N-dealkylation sites (tertiary alicyclic amines) is 1. The number of nitrogens with one attached hydrogen (secondary N) is 1. The predicted molar refractivity (Wildman–Crippen MR) is 96.7 cm³/mol. The Morgan fingerprint density at radius 1 is 1.21 bits per heavy atom. The van der Waals surface area contributed by atoms with Crippen molar-refractivity contribution in [1.82, 2.24) is 4.90 Å². The van der Waals surface area contributed by atoms with E-state index in [1.807, 2.05) is 24.3 Å². The third-order valence-corrected chi connectivity index (χ3v) is 4.38. The monoisotopic (exact) mass is 334 g/mol. The molecule has 0 spiro atoms. The first kappa shape index (κ1) is 18.6. The van der Waals surface area contributed by atoms with Gasteiger partial charge in [-0.2, -0.15) is 0 Å². The molecule has 5 nitrogen and oxygen atoms in total. The van der Waals surface area contributed by atoms with E-state index < -0.39 is 6.09 Å². The molecule has 0 unspecified atom stereocenters. The van der Waals surface area contributed by atoms with E-state index in [9.17, 15) is 4.79 Å². The Bertz CT molecular complexity index is 499. The molecule has 1 aromatic carbocycles. The summed E-state index contributed by atoms with van der Waals surface area (Å²) >= 11 is 0. The molecule has 1 aliphatic rings. The number of carbonyl (C=O) groups is 1. The molecule has 1 saturated heterocycles. The van der Waals surface area contributed by atoms with Crippen LogP contribution < -0.4 is 10.1 Å². The van der Waals surface area contributed by atoms with Crippen LogP contribution in [0.15, 0.2) is 24.3 Å². The Kier molecular flexibility index (Phi) is 7.89. The number of ether oxygens (including phenoxy) is 2. The molecule has 0 radical (unpaired) electrons. The van der Waals surface area contributed by atoms with E-state index in [-0.39, 0.29) is 6.10 Å². The molecule has 1 amide bonds. The van der Waals surface area contributed by atoms with Crippen molar-refractivity contribution in [3.63, 3.8) is 0 Å². The number of anilines is 1. The second-order valence-electron chi connectivity index (χ2n) is 6.22. The lowest BCUT2D eigenvalue weighted by atomic mass is 10.1. The number of nitrogens with zero attached hydrogens (tertiary/aromatic N) is 1. The van der Waals surface area contributed by atoms with Gasteiger partial charge in [-0.1, -0.05) is 38.8 Å². The minimum Gasteiger partial charge on any atom is -0.491 e. The lowest BCUT2D eigenvalue weighted by molar-refractivity contribution is 0.0605. The normalized spacial score (nSPS) is 15.9. The first-order valence-electron chi connectivity index (χ1n) is 9.14. The number of benzene rings is 1. The second kappa shape index (κ2) is 10.2. The summed E-state index contributed by atoms with van der Waals surface area (Å²) in [5, 5.41) is 2.82. The summed E-state index contributed by atoms with van der Waals surface area (Å²) in [6, 6.07) is 7.51. The summed E-state index contributed by atoms with van der Waals surface area (Å²) in [5.74, 6) is 0.700. The molecule has 2 rings (SSSR count). The Labute approximate surface area is 145 Å². The number of hydrogen-bond donors (Lipinski definition) is 1. The third kappa shape index (κ3) is 6.04. The van der Waals surface area contributed by atoms with E-state index in [4.69, 9.17) is 9.47 Å². The van der Waals surface area contributed by atoms with Crippen LogP contribution in [0, 0.1) is 0 Å². The zero-order chi connectivity index (χ0) is 17.2. The van der Waals surface area contributed by atoms with Gasteiger partial charge in [0, 0.05) is 13.1 Å². The molecule has 0 aromatic heterocycles. The lowest BCUT2D eigenvalue weighted by Gasteiger charge is -2.30. The number of amides is 1. The van der Waals surface area contributed by atoms with Crippen LogP contribution in [0.3, 0.4) is 0 Å². The molecule has 0 saturated carbocycles. The van der Waals surface area contributed by atoms with Crippen molar-refractivity contribution < 1.29 is 14.3 Å². The van der Waals surface area contributed by atoms with Crippen molar-refractivity contribution in [2.75, 3.05) is 31.6 Å². The highest BCUT2D eigenvalue weighted by Gasteiger charge is 2.21. The average molecular weight is 334 g/mol. The smallest absolute Gasteiger partial charge is 0.412 e. The van der Waals surface area contributed by atoms with Crippen LogP contribution in [0.5, 0.6) is 5.75 Å². The number of unbranched alkanes of at least 4 members (excludes halogenated alkanes) is 2. The molecule has 1 aliphatic heterocycles. The summed E-state index contributed by atoms with van der Waals surface area (Å²) in [7, 11) is 0. The fraction of sp³-hybridized carbons (Fsp3) is 0.632. The van der Waals surface area contributed by atoms with E-state index in [1.165, 1.54) is 0 Å². The maximum atomic E-state index is 12.2. The molecule has 1 fully saturated rings. The molecular weight excluding hydrogens is 304 g/mol. The molecular formula is C19H30N2O3. The largest absolute Gasteiger partial charge is 0.491 e. The standard InChI is InChI=1S/C19H30N2O3/c1-3-5-8-15-23-18-10-7-6-9-17(18)20-19(22)24-16-11-13-21(4-2)14-12-16/h6-7,9-10,16H,3-5,8,11-15H2,1-2H3,(H,20,22). The van der Waals surface area contributed by atoms with Gasteiger partial charge >= 0.3 is 6.09 Å². The number of rotatable bonds is 8. The summed E-state index contributed by atoms with van der Waals surface area (Å²) in [6.07, 6.45) is 4.73. The summed E-state index contributed by atoms with van der Waals surface area (Å²) in [5.41, 5.74) is 0.671. The Morgan fingerprint density at radius 2 is 1.96 bits per heavy atom. The number of carbonyl (C=O) groups excluding carboxylic acids is 1. The maximum Gasteiger partial charge on any atom is 0.412 e. The van der Waals surface area contributed by atoms with E-state index in [1.54, 1.807) is 0 Å². The summed E-state index contributed by atoms with van der Waals surface area (Å²) in [6.45, 7) is 8.03. The molecule has 0 aliphatic carbocycles. The zero-order valence-electron chi connectivity index (χ0n) is 14.9. The molecule has 1 aromatic rings. The van der Waals surface area contributed by atoms with E-state index in [0.717, 1.165) is 51.7 Å². The van der Waals surface area contributed by atoms with Crippen LogP contribution in [-0.2, 0) is 4.74 Å². The van der Waals surface area contributed by atoms with Gasteiger partial charge in [0.1, 0.15) is 11.9 Å². The van der Waals surface area contributed by atoms with Crippen molar-refractivity contribution in [3.05, 3.63) is 24.3 Å². The fourth-order valence-corrected chi connectivity index (χ4v) is 2.86. The van der Waals surface area contributed by atoms with Crippen LogP contribution in [0.1, 0.15) is 46.0 Å². The highest BCUT2D eigenvalue weighted by atomic mass is 16.6. The third-order valence-electron chi connectivity index (χ3n) is 4.38. The lowest BCUT2D eigenvalue weighted by Crippen LogP contribution is -2.38. The van der Waals surface area contributed by atoms with Crippen molar-refractivity contribution in [3.8, 4) is 5.75 Å². The highest BCUT2D eigenvalue weighted by Crippen LogP contribution is 2.24. The van der Waals surface area contributed by atoms with Crippen molar-refractivity contribution in [2.45, 2.75) is 52.1 Å². The van der Waals surface area contributed by atoms with Gasteiger partial charge in [0.25, 0.3) is 0 Å². The van der Waals surface area contributed by atoms with Gasteiger partial charge in [0.15, 0.2) is 0 Å². The van der Waals surface area contributed by atoms with E-state index in [0.29, 0.717) is 18.0 Å². The van der Waals surface area contributed by atoms with Crippen molar-refractivity contribution >= 4 is 11.8 Å². The van der Waals surface area contributed by atoms with Crippen LogP contribution >= 0.6 is 0 Å². The minimum absolute atomic E-state index is 0.00503. The SMILES string of the molecule is CCCCCOc1ccccc1NC(=O)OC1CCN(CC)CC1. The van der Waals surface area contributed by atoms with Crippen LogP contribution in [0.25, 0.3) is 0 Å². The molecule has 24 heavy (non-hydrogen) atoms. The molecule has 5 heteroatoms. The van der Waals surface area contributed by atoms with Gasteiger partial charge in [0.2, 0.25) is 0 Å². The molecule has 0 atom stereocenters. The summed E-state index contributed by atoms with van der Waals surface area (Å²) < 4.78 is 11.3. The quantitative estimate of drug-likeness (QED) is 0.721. The first-order chi connectivity index (χ1) is 11.7. The highest BCUT2D eigenvalue weighted by molar-refractivity contribution is 5.86. The Balaban J connectivity index is 1.81. The van der Waals surface area contributed by atoms with Crippen LogP contribution in [0.4, 0.5) is 10.5 Å². The predicted octanol–water partition coefficient (Wildman–Crippen LogP) is 4.29. The molecule has 1 heterocycles. The van der Waals surface area contributed by atoms with E-state index in [2.05, 4.69) is 24.1 Å². The number of piperidine rings is 1. The average Bonchev–Trinajstić information content (AvgIpc) is 2.60. The molecule has 0 bridgehead atoms. The Morgan fingerprint density at radius 3 is 2.67 bits per heavy atom. The summed E-state index contributed by atoms with van der Waals surface area (Å²) in [4.78, 5) is 14.5. The zero-order valence-corrected chi connectivity index (χ0v) is 14.9. The van der Waals surface area contributed by atoms with Crippen LogP contribution in [-0.4, -0.2) is 43.3 Å². The maximum absolute atomic E-state index is 12.2. The van der Waals surface area contributed by atoms with Crippen LogP contribution in [0.2, 0.25) is 0 Å². The fourth-order valence-electron chi connectivity index (χ4n) is 2.86. The van der Waals surface area contributed by atoms with E-state index >= 15 is 0 Å². The first-order valence-corrected chi connectivity index (χ1v) is 9.14. The Hall–Kier alpha value is -1.75. The van der Waals surface area contributed by atoms with Gasteiger partial charge in [-0.15, -0.1) is 0 Å². The van der Waals surface area contributed by atoms with Gasteiger partial charge in [0.05, 0.1) is 12.3 Å². The van der Waals surface area contributed by atoms with Crippen molar-refractivity contribution in [2.24, 2.45) is 0 Å². The van der Waals surface area contributed by atoms with Gasteiger partial charge in [-0.05, 0) is 37.9 Å². The minimum atomic E-state index is -0.394. The van der Waals surface area contributed by atoms with Crippen molar-refractivity contribution in [1.29, 1.82) is 0 Å². The molecule has 1 N–H and O–H groups in total. The van der Waals surface area contributed by atoms with Gasteiger partial charge < -0.3 is 14.4 Å². The van der Waals surface area contributed by atoms with Gasteiger partial charge in [-0.25, -0.2) is 4.79 Å². The second-order valence-corrected chi connectivity index (χ2v) is 6.22. The number of hydrogen-bond acceptors (Lipinski definition) is 4. The molecule has 134 valence electrons.